The predicted octanol–water partition coefficient (Wildman–Crippen LogP) is 3.58. The van der Waals surface area contributed by atoms with Crippen molar-refractivity contribution < 1.29 is 4.79 Å². The number of carbonyl (C=O) groups excluding carboxylic acids is 1. The first-order chi connectivity index (χ1) is 5.65. The molecule has 0 amide bonds. The van der Waals surface area contributed by atoms with Crippen LogP contribution in [-0.4, -0.2) is 5.78 Å². The van der Waals surface area contributed by atoms with Gasteiger partial charge in [0.25, 0.3) is 0 Å². The van der Waals surface area contributed by atoms with E-state index in [0.717, 1.165) is 12.0 Å². The number of carbonyl (C=O) groups is 1. The fourth-order valence-electron chi connectivity index (χ4n) is 0.909. The van der Waals surface area contributed by atoms with E-state index >= 15 is 0 Å². The zero-order chi connectivity index (χ0) is 9.14. The van der Waals surface area contributed by atoms with Crippen molar-refractivity contribution in [2.75, 3.05) is 0 Å². The third kappa shape index (κ3) is 2.29. The Balaban J connectivity index is 2.78. The molecule has 1 heterocycles. The zero-order valence-corrected chi connectivity index (χ0v) is 10.1. The van der Waals surface area contributed by atoms with Gasteiger partial charge in [0, 0.05) is 16.9 Å². The van der Waals surface area contributed by atoms with E-state index < -0.39 is 0 Å². The van der Waals surface area contributed by atoms with E-state index in [1.54, 1.807) is 11.3 Å². The number of thiophene rings is 1. The summed E-state index contributed by atoms with van der Waals surface area (Å²) >= 11 is 3.86. The summed E-state index contributed by atoms with van der Waals surface area (Å²) < 4.78 is 1.18. The number of hydrogen-bond donors (Lipinski definition) is 0. The molecule has 0 spiro atoms. The van der Waals surface area contributed by atoms with Crippen molar-refractivity contribution in [3.8, 4) is 0 Å². The number of halogens is 1. The number of hydrogen-bond acceptors (Lipinski definition) is 2. The van der Waals surface area contributed by atoms with Gasteiger partial charge in [-0.3, -0.25) is 4.79 Å². The van der Waals surface area contributed by atoms with Gasteiger partial charge in [-0.25, -0.2) is 0 Å². The van der Waals surface area contributed by atoms with Crippen molar-refractivity contribution in [1.82, 2.24) is 0 Å². The fourth-order valence-corrected chi connectivity index (χ4v) is 2.24. The Kier molecular flexibility index (Phi) is 3.71. The summed E-state index contributed by atoms with van der Waals surface area (Å²) in [7, 11) is 0. The van der Waals surface area contributed by atoms with E-state index in [-0.39, 0.29) is 11.7 Å². The van der Waals surface area contributed by atoms with Crippen molar-refractivity contribution >= 4 is 39.7 Å². The Morgan fingerprint density at radius 3 is 2.83 bits per heavy atom. The van der Waals surface area contributed by atoms with Gasteiger partial charge in [-0.1, -0.05) is 13.8 Å². The molecule has 12 heavy (non-hydrogen) atoms. The van der Waals surface area contributed by atoms with Gasteiger partial charge in [-0.2, -0.15) is 0 Å². The Labute approximate surface area is 90.3 Å². The summed E-state index contributed by atoms with van der Waals surface area (Å²) in [4.78, 5) is 11.6. The van der Waals surface area contributed by atoms with Crippen molar-refractivity contribution in [3.63, 3.8) is 0 Å². The van der Waals surface area contributed by atoms with Crippen LogP contribution >= 0.6 is 33.9 Å². The highest BCUT2D eigenvalue weighted by Gasteiger charge is 2.13. The molecule has 0 aromatic carbocycles. The van der Waals surface area contributed by atoms with Crippen molar-refractivity contribution in [1.29, 1.82) is 0 Å². The zero-order valence-electron chi connectivity index (χ0n) is 7.13. The SMILES string of the molecule is CCC(C)C(=O)c1csc(I)c1. The summed E-state index contributed by atoms with van der Waals surface area (Å²) in [6.07, 6.45) is 0.922. The van der Waals surface area contributed by atoms with E-state index in [4.69, 9.17) is 0 Å². The van der Waals surface area contributed by atoms with Gasteiger partial charge in [-0.05, 0) is 35.1 Å². The van der Waals surface area contributed by atoms with Gasteiger partial charge in [0.15, 0.2) is 5.78 Å². The van der Waals surface area contributed by atoms with Crippen molar-refractivity contribution in [3.05, 3.63) is 19.9 Å². The second-order valence-electron chi connectivity index (χ2n) is 2.81. The first kappa shape index (κ1) is 10.2. The molecule has 66 valence electrons. The summed E-state index contributed by atoms with van der Waals surface area (Å²) in [5.41, 5.74) is 0.874. The fraction of sp³-hybridized carbons (Fsp3) is 0.444. The lowest BCUT2D eigenvalue weighted by molar-refractivity contribution is 0.0927. The van der Waals surface area contributed by atoms with Crippen LogP contribution in [0.4, 0.5) is 0 Å². The van der Waals surface area contributed by atoms with E-state index in [1.807, 2.05) is 25.3 Å². The minimum atomic E-state index is 0.162. The minimum absolute atomic E-state index is 0.162. The molecule has 0 aliphatic carbocycles. The second-order valence-corrected chi connectivity index (χ2v) is 5.62. The predicted molar refractivity (Wildman–Crippen MR) is 60.8 cm³/mol. The molecule has 1 aromatic heterocycles. The van der Waals surface area contributed by atoms with Crippen LogP contribution in [-0.2, 0) is 0 Å². The van der Waals surface area contributed by atoms with E-state index in [0.29, 0.717) is 0 Å². The van der Waals surface area contributed by atoms with Gasteiger partial charge in [-0.15, -0.1) is 11.3 Å². The lowest BCUT2D eigenvalue weighted by Crippen LogP contribution is -2.08. The molecule has 1 aromatic rings. The smallest absolute Gasteiger partial charge is 0.166 e. The van der Waals surface area contributed by atoms with Crippen LogP contribution in [0.5, 0.6) is 0 Å². The lowest BCUT2D eigenvalue weighted by Gasteiger charge is -2.03. The average Bonchev–Trinajstić information content (AvgIpc) is 2.49. The molecule has 0 saturated heterocycles. The Bertz CT molecular complexity index is 280. The molecule has 0 N–H and O–H groups in total. The molecule has 0 aliphatic rings. The maximum Gasteiger partial charge on any atom is 0.166 e. The third-order valence-electron chi connectivity index (χ3n) is 1.91. The van der Waals surface area contributed by atoms with Crippen LogP contribution in [0.1, 0.15) is 30.6 Å². The molecule has 0 bridgehead atoms. The van der Waals surface area contributed by atoms with Crippen molar-refractivity contribution in [2.45, 2.75) is 20.3 Å². The molecule has 3 heteroatoms. The van der Waals surface area contributed by atoms with Gasteiger partial charge < -0.3 is 0 Å². The maximum absolute atomic E-state index is 11.6. The molecule has 0 fully saturated rings. The molecule has 1 atom stereocenters. The summed E-state index contributed by atoms with van der Waals surface area (Å²) in [5.74, 6) is 0.437. The van der Waals surface area contributed by atoms with Gasteiger partial charge >= 0.3 is 0 Å². The number of Topliss-reactive ketones (excluding diaryl/α,β-unsaturated/α-hetero) is 1. The lowest BCUT2D eigenvalue weighted by atomic mass is 10.00. The van der Waals surface area contributed by atoms with E-state index in [9.17, 15) is 4.79 Å². The van der Waals surface area contributed by atoms with E-state index in [1.165, 1.54) is 2.88 Å². The molecular weight excluding hydrogens is 283 g/mol. The molecule has 1 nitrogen and oxygen atoms in total. The standard InChI is InChI=1S/C9H11IOS/c1-3-6(2)9(11)7-4-8(10)12-5-7/h4-6H,3H2,1-2H3. The normalized spacial score (nSPS) is 12.9. The van der Waals surface area contributed by atoms with Crippen LogP contribution < -0.4 is 0 Å². The van der Waals surface area contributed by atoms with Crippen LogP contribution in [0.25, 0.3) is 0 Å². The average molecular weight is 294 g/mol. The van der Waals surface area contributed by atoms with Crippen LogP contribution in [0.2, 0.25) is 0 Å². The highest BCUT2D eigenvalue weighted by Crippen LogP contribution is 2.20. The monoisotopic (exact) mass is 294 g/mol. The van der Waals surface area contributed by atoms with Gasteiger partial charge in [0.1, 0.15) is 0 Å². The molecule has 0 aliphatic heterocycles. The highest BCUT2D eigenvalue weighted by molar-refractivity contribution is 14.1. The molecule has 1 unspecified atom stereocenters. The molecule has 0 radical (unpaired) electrons. The summed E-state index contributed by atoms with van der Waals surface area (Å²) in [6.45, 7) is 4.02. The summed E-state index contributed by atoms with van der Waals surface area (Å²) in [5, 5.41) is 1.94. The van der Waals surface area contributed by atoms with Crippen LogP contribution in [0, 0.1) is 8.80 Å². The van der Waals surface area contributed by atoms with E-state index in [2.05, 4.69) is 22.6 Å². The number of rotatable bonds is 3. The Hall–Kier alpha value is 0.1000. The maximum atomic E-state index is 11.6. The second kappa shape index (κ2) is 4.37. The quantitative estimate of drug-likeness (QED) is 0.615. The first-order valence-corrected chi connectivity index (χ1v) is 5.89. The number of ketones is 1. The molecule has 1 rings (SSSR count). The Morgan fingerprint density at radius 2 is 2.42 bits per heavy atom. The largest absolute Gasteiger partial charge is 0.294 e. The van der Waals surface area contributed by atoms with Gasteiger partial charge in [0.05, 0.1) is 2.88 Å². The highest BCUT2D eigenvalue weighted by atomic mass is 127. The molecular formula is C9H11IOS. The third-order valence-corrected chi connectivity index (χ3v) is 3.70. The first-order valence-electron chi connectivity index (χ1n) is 3.93. The van der Waals surface area contributed by atoms with Crippen LogP contribution in [0.3, 0.4) is 0 Å². The summed E-state index contributed by atoms with van der Waals surface area (Å²) in [6, 6.07) is 1.96. The van der Waals surface area contributed by atoms with Crippen LogP contribution in [0.15, 0.2) is 11.4 Å². The topological polar surface area (TPSA) is 17.1 Å². The van der Waals surface area contributed by atoms with Gasteiger partial charge in [0.2, 0.25) is 0 Å². The Morgan fingerprint density at radius 1 is 1.75 bits per heavy atom. The van der Waals surface area contributed by atoms with Crippen molar-refractivity contribution in [2.24, 2.45) is 5.92 Å². The molecule has 0 saturated carbocycles. The minimum Gasteiger partial charge on any atom is -0.294 e.